The molecule has 0 fully saturated rings. The summed E-state index contributed by atoms with van der Waals surface area (Å²) in [7, 11) is 0. The van der Waals surface area contributed by atoms with Crippen LogP contribution >= 0.6 is 11.3 Å². The van der Waals surface area contributed by atoms with Gasteiger partial charge in [-0.25, -0.2) is 4.98 Å². The van der Waals surface area contributed by atoms with E-state index in [1.807, 2.05) is 0 Å². The normalized spacial score (nSPS) is 18.8. The molecule has 0 radical (unpaired) electrons. The van der Waals surface area contributed by atoms with Crippen LogP contribution < -0.4 is 5.73 Å². The molecule has 0 amide bonds. The van der Waals surface area contributed by atoms with Crippen molar-refractivity contribution in [3.8, 4) is 0 Å². The van der Waals surface area contributed by atoms with E-state index < -0.39 is 0 Å². The molecule has 1 aliphatic carbocycles. The lowest BCUT2D eigenvalue weighted by Crippen LogP contribution is -2.09. The second kappa shape index (κ2) is 6.10. The highest BCUT2D eigenvalue weighted by molar-refractivity contribution is 7.09. The Hall–Kier alpha value is -1.13. The number of fused-ring (bicyclic) bond motifs is 1. The van der Waals surface area contributed by atoms with Crippen LogP contribution in [0, 0.1) is 0 Å². The second-order valence-corrected chi connectivity index (χ2v) is 6.69. The molecule has 0 aliphatic heterocycles. The molecule has 0 saturated carbocycles. The summed E-state index contributed by atoms with van der Waals surface area (Å²) in [5.41, 5.74) is 10.2. The highest BCUT2D eigenvalue weighted by Gasteiger charge is 2.17. The van der Waals surface area contributed by atoms with Crippen molar-refractivity contribution < 1.29 is 0 Å². The van der Waals surface area contributed by atoms with E-state index in [0.29, 0.717) is 0 Å². The van der Waals surface area contributed by atoms with Crippen LogP contribution in [0.1, 0.15) is 60.5 Å². The molecular formula is C16H23N3S. The molecule has 1 aliphatic rings. The second-order valence-electron chi connectivity index (χ2n) is 5.75. The summed E-state index contributed by atoms with van der Waals surface area (Å²) >= 11 is 1.78. The monoisotopic (exact) mass is 289 g/mol. The Morgan fingerprint density at radius 3 is 3.15 bits per heavy atom. The first-order chi connectivity index (χ1) is 9.76. The quantitative estimate of drug-likeness (QED) is 0.873. The van der Waals surface area contributed by atoms with Gasteiger partial charge in [-0.05, 0) is 43.2 Å². The van der Waals surface area contributed by atoms with Gasteiger partial charge in [-0.15, -0.1) is 11.3 Å². The van der Waals surface area contributed by atoms with Gasteiger partial charge in [-0.3, -0.25) is 0 Å². The van der Waals surface area contributed by atoms with Crippen molar-refractivity contribution in [2.45, 2.75) is 58.0 Å². The topological polar surface area (TPSA) is 43.8 Å². The highest BCUT2D eigenvalue weighted by Crippen LogP contribution is 2.28. The SMILES string of the molecule is CCCc1nc(Cn2cc3c(c2)C(N)CCCC3)cs1. The van der Waals surface area contributed by atoms with E-state index >= 15 is 0 Å². The van der Waals surface area contributed by atoms with Gasteiger partial charge in [0, 0.05) is 23.8 Å². The van der Waals surface area contributed by atoms with Crippen LogP contribution in [0.15, 0.2) is 17.8 Å². The average molecular weight is 289 g/mol. The van der Waals surface area contributed by atoms with Crippen LogP contribution in [0.2, 0.25) is 0 Å². The van der Waals surface area contributed by atoms with Crippen molar-refractivity contribution in [2.24, 2.45) is 5.73 Å². The van der Waals surface area contributed by atoms with E-state index in [1.165, 1.54) is 47.5 Å². The summed E-state index contributed by atoms with van der Waals surface area (Å²) in [6.07, 6.45) is 11.6. The van der Waals surface area contributed by atoms with Crippen molar-refractivity contribution >= 4 is 11.3 Å². The first-order valence-electron chi connectivity index (χ1n) is 7.63. The molecule has 2 heterocycles. The number of aryl methyl sites for hydroxylation is 2. The summed E-state index contributed by atoms with van der Waals surface area (Å²) in [5.74, 6) is 0. The van der Waals surface area contributed by atoms with Crippen molar-refractivity contribution in [1.29, 1.82) is 0 Å². The van der Waals surface area contributed by atoms with Gasteiger partial charge >= 0.3 is 0 Å². The molecule has 0 saturated heterocycles. The molecule has 108 valence electrons. The fourth-order valence-electron chi connectivity index (χ4n) is 2.98. The molecule has 1 unspecified atom stereocenters. The third-order valence-corrected chi connectivity index (χ3v) is 4.97. The predicted molar refractivity (Wildman–Crippen MR) is 84.1 cm³/mol. The van der Waals surface area contributed by atoms with E-state index in [1.54, 1.807) is 11.3 Å². The summed E-state index contributed by atoms with van der Waals surface area (Å²) in [4.78, 5) is 4.71. The van der Waals surface area contributed by atoms with Crippen molar-refractivity contribution in [2.75, 3.05) is 0 Å². The van der Waals surface area contributed by atoms with Gasteiger partial charge < -0.3 is 10.3 Å². The predicted octanol–water partition coefficient (Wildman–Crippen LogP) is 3.67. The number of nitrogens with zero attached hydrogens (tertiary/aromatic N) is 2. The molecule has 2 aromatic rings. The zero-order valence-corrected chi connectivity index (χ0v) is 13.0. The Bertz CT molecular complexity index is 570. The fourth-order valence-corrected chi connectivity index (χ4v) is 3.87. The first-order valence-corrected chi connectivity index (χ1v) is 8.51. The van der Waals surface area contributed by atoms with Gasteiger partial charge in [0.05, 0.1) is 17.2 Å². The zero-order valence-electron chi connectivity index (χ0n) is 12.1. The minimum atomic E-state index is 0.222. The molecule has 4 heteroatoms. The van der Waals surface area contributed by atoms with E-state index in [4.69, 9.17) is 10.7 Å². The molecule has 0 bridgehead atoms. The Labute approximate surface area is 124 Å². The van der Waals surface area contributed by atoms with Gasteiger partial charge in [-0.2, -0.15) is 0 Å². The number of hydrogen-bond acceptors (Lipinski definition) is 3. The summed E-state index contributed by atoms with van der Waals surface area (Å²) in [6, 6.07) is 0.222. The van der Waals surface area contributed by atoms with Crippen molar-refractivity contribution in [1.82, 2.24) is 9.55 Å². The van der Waals surface area contributed by atoms with Crippen LogP contribution in [-0.2, 0) is 19.4 Å². The maximum Gasteiger partial charge on any atom is 0.0928 e. The molecule has 1 atom stereocenters. The van der Waals surface area contributed by atoms with Gasteiger partial charge in [0.1, 0.15) is 0 Å². The van der Waals surface area contributed by atoms with Crippen LogP contribution in [0.5, 0.6) is 0 Å². The molecular weight excluding hydrogens is 266 g/mol. The lowest BCUT2D eigenvalue weighted by atomic mass is 10.1. The standard InChI is InChI=1S/C16H23N3S/c1-2-5-16-18-13(11-20-16)9-19-8-12-6-3-4-7-15(17)14(12)10-19/h8,10-11,15H,2-7,9,17H2,1H3. The Morgan fingerprint density at radius 1 is 1.40 bits per heavy atom. The van der Waals surface area contributed by atoms with E-state index in [0.717, 1.165) is 19.4 Å². The molecule has 3 nitrogen and oxygen atoms in total. The summed E-state index contributed by atoms with van der Waals surface area (Å²) in [5, 5.41) is 3.45. The van der Waals surface area contributed by atoms with E-state index in [9.17, 15) is 0 Å². The van der Waals surface area contributed by atoms with Crippen molar-refractivity contribution in [3.05, 3.63) is 39.6 Å². The third kappa shape index (κ3) is 2.96. The number of nitrogens with two attached hydrogens (primary N) is 1. The lowest BCUT2D eigenvalue weighted by Gasteiger charge is -2.07. The Morgan fingerprint density at radius 2 is 2.30 bits per heavy atom. The molecule has 0 spiro atoms. The summed E-state index contributed by atoms with van der Waals surface area (Å²) < 4.78 is 2.26. The maximum atomic E-state index is 6.27. The number of hydrogen-bond donors (Lipinski definition) is 1. The zero-order chi connectivity index (χ0) is 13.9. The van der Waals surface area contributed by atoms with Gasteiger partial charge in [0.25, 0.3) is 0 Å². The number of thiazole rings is 1. The molecule has 2 N–H and O–H groups in total. The smallest absolute Gasteiger partial charge is 0.0928 e. The van der Waals surface area contributed by atoms with E-state index in [-0.39, 0.29) is 6.04 Å². The van der Waals surface area contributed by atoms with Crippen LogP contribution in [-0.4, -0.2) is 9.55 Å². The third-order valence-electron chi connectivity index (χ3n) is 4.02. The Balaban J connectivity index is 1.76. The molecule has 2 aromatic heterocycles. The largest absolute Gasteiger partial charge is 0.348 e. The van der Waals surface area contributed by atoms with Crippen LogP contribution in [0.25, 0.3) is 0 Å². The minimum absolute atomic E-state index is 0.222. The summed E-state index contributed by atoms with van der Waals surface area (Å²) in [6.45, 7) is 3.07. The Kier molecular flexibility index (Phi) is 4.22. The number of rotatable bonds is 4. The van der Waals surface area contributed by atoms with Crippen LogP contribution in [0.4, 0.5) is 0 Å². The van der Waals surface area contributed by atoms with Crippen molar-refractivity contribution in [3.63, 3.8) is 0 Å². The lowest BCUT2D eigenvalue weighted by molar-refractivity contribution is 0.609. The maximum absolute atomic E-state index is 6.27. The first kappa shape index (κ1) is 13.8. The van der Waals surface area contributed by atoms with Gasteiger partial charge in [0.15, 0.2) is 0 Å². The molecule has 20 heavy (non-hydrogen) atoms. The van der Waals surface area contributed by atoms with Gasteiger partial charge in [0.2, 0.25) is 0 Å². The molecule has 0 aromatic carbocycles. The highest BCUT2D eigenvalue weighted by atomic mass is 32.1. The molecule has 3 rings (SSSR count). The number of aromatic nitrogens is 2. The van der Waals surface area contributed by atoms with Gasteiger partial charge in [-0.1, -0.05) is 13.3 Å². The minimum Gasteiger partial charge on any atom is -0.348 e. The fraction of sp³-hybridized carbons (Fsp3) is 0.562. The average Bonchev–Trinajstić information content (AvgIpc) is 2.99. The van der Waals surface area contributed by atoms with Crippen LogP contribution in [0.3, 0.4) is 0 Å². The van der Waals surface area contributed by atoms with E-state index in [2.05, 4.69) is 29.3 Å².